The zero-order chi connectivity index (χ0) is 15.4. The molecular formula is C18H21Cl2N. The van der Waals surface area contributed by atoms with Gasteiger partial charge in [-0.2, -0.15) is 0 Å². The van der Waals surface area contributed by atoms with Gasteiger partial charge in [0.15, 0.2) is 0 Å². The Bertz CT molecular complexity index is 593. The quantitative estimate of drug-likeness (QED) is 0.647. The normalized spacial score (nSPS) is 13.8. The molecule has 0 aliphatic rings. The molecule has 3 heteroatoms. The lowest BCUT2D eigenvalue weighted by molar-refractivity contribution is 0.733. The van der Waals surface area contributed by atoms with Crippen LogP contribution in [0.1, 0.15) is 50.3 Å². The van der Waals surface area contributed by atoms with Crippen molar-refractivity contribution in [1.82, 2.24) is 0 Å². The number of hydrogen-bond acceptors (Lipinski definition) is 1. The minimum absolute atomic E-state index is 0.129. The van der Waals surface area contributed by atoms with Crippen molar-refractivity contribution in [2.24, 2.45) is 0 Å². The van der Waals surface area contributed by atoms with Crippen LogP contribution >= 0.6 is 23.2 Å². The van der Waals surface area contributed by atoms with Gasteiger partial charge >= 0.3 is 0 Å². The van der Waals surface area contributed by atoms with Crippen molar-refractivity contribution in [1.29, 1.82) is 0 Å². The summed E-state index contributed by atoms with van der Waals surface area (Å²) in [6.07, 6.45) is 1.16. The zero-order valence-corrected chi connectivity index (χ0v) is 14.2. The predicted octanol–water partition coefficient (Wildman–Crippen LogP) is 6.68. The van der Waals surface area contributed by atoms with E-state index in [1.165, 1.54) is 5.56 Å². The fraction of sp³-hybridized carbons (Fsp3) is 0.333. The molecule has 0 saturated carbocycles. The molecule has 0 saturated heterocycles. The van der Waals surface area contributed by atoms with E-state index in [2.05, 4.69) is 50.4 Å². The maximum absolute atomic E-state index is 6.25. The third kappa shape index (κ3) is 4.15. The number of rotatable bonds is 5. The van der Waals surface area contributed by atoms with Gasteiger partial charge in [-0.15, -0.1) is 0 Å². The molecule has 0 spiro atoms. The van der Waals surface area contributed by atoms with Crippen molar-refractivity contribution in [3.05, 3.63) is 63.6 Å². The summed E-state index contributed by atoms with van der Waals surface area (Å²) in [7, 11) is 0. The first-order valence-electron chi connectivity index (χ1n) is 7.32. The third-order valence-corrected chi connectivity index (χ3v) is 4.47. The molecule has 112 valence electrons. The molecule has 2 rings (SSSR count). The lowest BCUT2D eigenvalue weighted by Crippen LogP contribution is -2.07. The Labute approximate surface area is 137 Å². The summed E-state index contributed by atoms with van der Waals surface area (Å²) in [5, 5.41) is 4.83. The van der Waals surface area contributed by atoms with E-state index in [-0.39, 0.29) is 6.04 Å². The molecule has 2 atom stereocenters. The van der Waals surface area contributed by atoms with Crippen molar-refractivity contribution in [3.8, 4) is 0 Å². The van der Waals surface area contributed by atoms with E-state index in [0.717, 1.165) is 17.7 Å². The molecule has 0 aliphatic heterocycles. The van der Waals surface area contributed by atoms with Crippen LogP contribution in [0.5, 0.6) is 0 Å². The van der Waals surface area contributed by atoms with Gasteiger partial charge in [-0.1, -0.05) is 55.2 Å². The van der Waals surface area contributed by atoms with Crippen LogP contribution in [0.25, 0.3) is 0 Å². The van der Waals surface area contributed by atoms with Crippen molar-refractivity contribution >= 4 is 28.9 Å². The van der Waals surface area contributed by atoms with Gasteiger partial charge in [0.1, 0.15) is 0 Å². The minimum atomic E-state index is 0.129. The largest absolute Gasteiger partial charge is 0.378 e. The maximum atomic E-state index is 6.25. The van der Waals surface area contributed by atoms with Gasteiger partial charge in [0, 0.05) is 21.8 Å². The summed E-state index contributed by atoms with van der Waals surface area (Å²) in [6.45, 7) is 6.55. The average molecular weight is 322 g/mol. The molecule has 0 amide bonds. The Morgan fingerprint density at radius 3 is 2.24 bits per heavy atom. The van der Waals surface area contributed by atoms with Crippen LogP contribution in [0.2, 0.25) is 10.0 Å². The monoisotopic (exact) mass is 321 g/mol. The number of anilines is 1. The van der Waals surface area contributed by atoms with E-state index in [1.807, 2.05) is 12.1 Å². The zero-order valence-electron chi connectivity index (χ0n) is 12.7. The van der Waals surface area contributed by atoms with E-state index in [0.29, 0.717) is 16.0 Å². The highest BCUT2D eigenvalue weighted by Crippen LogP contribution is 2.29. The number of nitrogens with one attached hydrogen (secondary N) is 1. The van der Waals surface area contributed by atoms with Gasteiger partial charge in [-0.05, 0) is 54.7 Å². The van der Waals surface area contributed by atoms with Crippen LogP contribution in [0.3, 0.4) is 0 Å². The van der Waals surface area contributed by atoms with Crippen LogP contribution in [-0.4, -0.2) is 0 Å². The second-order valence-electron chi connectivity index (χ2n) is 5.46. The Morgan fingerprint density at radius 2 is 1.67 bits per heavy atom. The first-order chi connectivity index (χ1) is 10.0. The predicted molar refractivity (Wildman–Crippen MR) is 93.6 cm³/mol. The standard InChI is InChI=1S/C18H21Cl2N/c1-4-12(2)14-5-8-16(9-6-14)21-13(3)17-10-7-15(19)11-18(17)20/h5-13,21H,4H2,1-3H3. The Kier molecular flexibility index (Phi) is 5.55. The van der Waals surface area contributed by atoms with Crippen LogP contribution in [0.4, 0.5) is 5.69 Å². The molecule has 21 heavy (non-hydrogen) atoms. The molecule has 0 aliphatic carbocycles. The van der Waals surface area contributed by atoms with Gasteiger partial charge < -0.3 is 5.32 Å². The first kappa shape index (κ1) is 16.2. The molecule has 0 fully saturated rings. The molecule has 0 aromatic heterocycles. The molecule has 0 heterocycles. The van der Waals surface area contributed by atoms with E-state index >= 15 is 0 Å². The van der Waals surface area contributed by atoms with Crippen molar-refractivity contribution in [2.45, 2.75) is 39.2 Å². The third-order valence-electron chi connectivity index (χ3n) is 3.90. The molecule has 2 aromatic rings. The molecule has 2 aromatic carbocycles. The minimum Gasteiger partial charge on any atom is -0.378 e. The van der Waals surface area contributed by atoms with Gasteiger partial charge in [0.25, 0.3) is 0 Å². The van der Waals surface area contributed by atoms with Crippen molar-refractivity contribution in [3.63, 3.8) is 0 Å². The smallest absolute Gasteiger partial charge is 0.0500 e. The van der Waals surface area contributed by atoms with Gasteiger partial charge in [-0.25, -0.2) is 0 Å². The second-order valence-corrected chi connectivity index (χ2v) is 6.31. The van der Waals surface area contributed by atoms with Gasteiger partial charge in [-0.3, -0.25) is 0 Å². The van der Waals surface area contributed by atoms with Crippen LogP contribution in [0.15, 0.2) is 42.5 Å². The summed E-state index contributed by atoms with van der Waals surface area (Å²) in [4.78, 5) is 0. The Hall–Kier alpha value is -1.18. The molecule has 1 N–H and O–H groups in total. The van der Waals surface area contributed by atoms with Crippen molar-refractivity contribution < 1.29 is 0 Å². The molecule has 2 unspecified atom stereocenters. The van der Waals surface area contributed by atoms with Gasteiger partial charge in [0.05, 0.1) is 0 Å². The van der Waals surface area contributed by atoms with E-state index in [9.17, 15) is 0 Å². The Morgan fingerprint density at radius 1 is 1.00 bits per heavy atom. The first-order valence-corrected chi connectivity index (χ1v) is 8.08. The summed E-state index contributed by atoms with van der Waals surface area (Å²) >= 11 is 12.2. The van der Waals surface area contributed by atoms with Crippen LogP contribution in [-0.2, 0) is 0 Å². The average Bonchev–Trinajstić information content (AvgIpc) is 2.47. The lowest BCUT2D eigenvalue weighted by atomic mass is 9.98. The fourth-order valence-corrected chi connectivity index (χ4v) is 2.90. The molecule has 0 bridgehead atoms. The number of halogens is 2. The van der Waals surface area contributed by atoms with E-state index in [1.54, 1.807) is 6.07 Å². The summed E-state index contributed by atoms with van der Waals surface area (Å²) in [5.41, 5.74) is 3.52. The highest BCUT2D eigenvalue weighted by molar-refractivity contribution is 6.35. The van der Waals surface area contributed by atoms with Gasteiger partial charge in [0.2, 0.25) is 0 Å². The molecule has 1 nitrogen and oxygen atoms in total. The Balaban J connectivity index is 2.10. The number of benzene rings is 2. The highest BCUT2D eigenvalue weighted by atomic mass is 35.5. The van der Waals surface area contributed by atoms with Crippen LogP contribution in [0, 0.1) is 0 Å². The lowest BCUT2D eigenvalue weighted by Gasteiger charge is -2.18. The summed E-state index contributed by atoms with van der Waals surface area (Å²) in [5.74, 6) is 0.599. The number of hydrogen-bond donors (Lipinski definition) is 1. The second kappa shape index (κ2) is 7.20. The summed E-state index contributed by atoms with van der Waals surface area (Å²) < 4.78 is 0. The topological polar surface area (TPSA) is 12.0 Å². The summed E-state index contributed by atoms with van der Waals surface area (Å²) in [6, 6.07) is 14.4. The fourth-order valence-electron chi connectivity index (χ4n) is 2.32. The van der Waals surface area contributed by atoms with E-state index in [4.69, 9.17) is 23.2 Å². The molecular weight excluding hydrogens is 301 g/mol. The maximum Gasteiger partial charge on any atom is 0.0500 e. The van der Waals surface area contributed by atoms with Crippen LogP contribution < -0.4 is 5.32 Å². The van der Waals surface area contributed by atoms with E-state index < -0.39 is 0 Å². The van der Waals surface area contributed by atoms with Crippen molar-refractivity contribution in [2.75, 3.05) is 5.32 Å². The molecule has 0 radical (unpaired) electrons. The SMILES string of the molecule is CCC(C)c1ccc(NC(C)c2ccc(Cl)cc2Cl)cc1. The highest BCUT2D eigenvalue weighted by Gasteiger charge is 2.10.